The topological polar surface area (TPSA) is 36.4 Å². The third kappa shape index (κ3) is 1.86. The molecule has 1 aliphatic heterocycles. The number of halogens is 1. The Morgan fingerprint density at radius 2 is 1.94 bits per heavy atom. The van der Waals surface area contributed by atoms with Crippen LogP contribution >= 0.6 is 11.6 Å². The third-order valence-corrected chi connectivity index (χ3v) is 3.51. The van der Waals surface area contributed by atoms with Gasteiger partial charge in [0.15, 0.2) is 5.82 Å². The normalized spacial score (nSPS) is 15.9. The van der Waals surface area contributed by atoms with Gasteiger partial charge in [0.2, 0.25) is 0 Å². The van der Waals surface area contributed by atoms with Crippen LogP contribution in [0.1, 0.15) is 20.3 Å². The van der Waals surface area contributed by atoms with Gasteiger partial charge in [-0.25, -0.2) is 4.98 Å². The first-order chi connectivity index (χ1) is 8.47. The predicted octanol–water partition coefficient (Wildman–Crippen LogP) is 2.83. The van der Waals surface area contributed by atoms with Crippen molar-refractivity contribution in [3.63, 3.8) is 0 Å². The molecule has 0 aromatic carbocycles. The molecule has 0 spiro atoms. The summed E-state index contributed by atoms with van der Waals surface area (Å²) in [7, 11) is 3.67. The highest BCUT2D eigenvalue weighted by atomic mass is 35.5. The Bertz CT molecular complexity index is 539. The van der Waals surface area contributed by atoms with Gasteiger partial charge in [0.25, 0.3) is 5.91 Å². The minimum atomic E-state index is 0.00146. The molecule has 1 aromatic rings. The molecule has 1 aromatic heterocycles. The lowest BCUT2D eigenvalue weighted by atomic mass is 10.1. The number of amides is 1. The maximum atomic E-state index is 12.3. The van der Waals surface area contributed by atoms with E-state index in [9.17, 15) is 4.79 Å². The van der Waals surface area contributed by atoms with Crippen molar-refractivity contribution in [3.05, 3.63) is 28.6 Å². The monoisotopic (exact) mass is 265 g/mol. The van der Waals surface area contributed by atoms with E-state index in [1.807, 2.05) is 31.9 Å². The van der Waals surface area contributed by atoms with E-state index in [4.69, 9.17) is 11.6 Å². The molecule has 0 N–H and O–H groups in total. The predicted molar refractivity (Wildman–Crippen MR) is 74.1 cm³/mol. The molecule has 1 aliphatic rings. The zero-order valence-electron chi connectivity index (χ0n) is 11.0. The second-order valence-corrected chi connectivity index (χ2v) is 4.71. The highest BCUT2D eigenvalue weighted by molar-refractivity contribution is 6.29. The second-order valence-electron chi connectivity index (χ2n) is 4.33. The highest BCUT2D eigenvalue weighted by Gasteiger charge is 2.27. The van der Waals surface area contributed by atoms with Gasteiger partial charge in [-0.05, 0) is 25.5 Å². The van der Waals surface area contributed by atoms with Gasteiger partial charge in [-0.2, -0.15) is 0 Å². The fourth-order valence-corrected chi connectivity index (χ4v) is 2.44. The molecule has 2 heterocycles. The van der Waals surface area contributed by atoms with Crippen LogP contribution in [0.4, 0.5) is 11.5 Å². The van der Waals surface area contributed by atoms with E-state index in [0.29, 0.717) is 11.0 Å². The van der Waals surface area contributed by atoms with Crippen LogP contribution in [0, 0.1) is 0 Å². The van der Waals surface area contributed by atoms with Gasteiger partial charge >= 0.3 is 0 Å². The van der Waals surface area contributed by atoms with Crippen molar-refractivity contribution < 1.29 is 4.79 Å². The quantitative estimate of drug-likeness (QED) is 0.733. The van der Waals surface area contributed by atoms with Crippen molar-refractivity contribution in [1.29, 1.82) is 0 Å². The summed E-state index contributed by atoms with van der Waals surface area (Å²) in [5.41, 5.74) is 2.49. The van der Waals surface area contributed by atoms with Crippen LogP contribution in [0.3, 0.4) is 0 Å². The Kier molecular flexibility index (Phi) is 3.30. The Morgan fingerprint density at radius 1 is 1.28 bits per heavy atom. The van der Waals surface area contributed by atoms with Crippen molar-refractivity contribution in [2.24, 2.45) is 0 Å². The molecule has 96 valence electrons. The largest absolute Gasteiger partial charge is 0.331 e. The summed E-state index contributed by atoms with van der Waals surface area (Å²) in [6, 6.07) is 3.52. The number of pyridine rings is 1. The maximum Gasteiger partial charge on any atom is 0.255 e. The van der Waals surface area contributed by atoms with E-state index in [1.165, 1.54) is 0 Å². The van der Waals surface area contributed by atoms with Crippen molar-refractivity contribution >= 4 is 29.0 Å². The highest BCUT2D eigenvalue weighted by Crippen LogP contribution is 2.35. The number of anilines is 2. The maximum absolute atomic E-state index is 12.3. The van der Waals surface area contributed by atoms with Crippen molar-refractivity contribution in [3.8, 4) is 0 Å². The molecule has 2 rings (SSSR count). The van der Waals surface area contributed by atoms with Gasteiger partial charge in [-0.1, -0.05) is 18.5 Å². The summed E-state index contributed by atoms with van der Waals surface area (Å²) < 4.78 is 0. The van der Waals surface area contributed by atoms with Crippen LogP contribution in [0.25, 0.3) is 0 Å². The first-order valence-corrected chi connectivity index (χ1v) is 6.23. The standard InChI is InChI=1S/C13H16ClN3O/c1-5-9-8(2)13(18)17(4)10-6-7-11(14)15-12(10)16(9)3/h6-7H,5H2,1-4H3. The SMILES string of the molecule is CCC1=C(C)C(=O)N(C)c2ccc(Cl)nc2N1C. The number of fused-ring (bicyclic) bond motifs is 1. The molecule has 0 fully saturated rings. The Hall–Kier alpha value is -1.55. The van der Waals surface area contributed by atoms with Gasteiger partial charge < -0.3 is 9.80 Å². The molecule has 0 bridgehead atoms. The molecule has 0 aliphatic carbocycles. The van der Waals surface area contributed by atoms with Gasteiger partial charge in [0, 0.05) is 25.4 Å². The molecular formula is C13H16ClN3O. The van der Waals surface area contributed by atoms with E-state index in [-0.39, 0.29) is 5.91 Å². The molecule has 4 nitrogen and oxygen atoms in total. The number of allylic oxidation sites excluding steroid dienone is 1. The number of hydrogen-bond acceptors (Lipinski definition) is 3. The third-order valence-electron chi connectivity index (χ3n) is 3.30. The van der Waals surface area contributed by atoms with E-state index in [0.717, 1.165) is 23.4 Å². The van der Waals surface area contributed by atoms with E-state index in [1.54, 1.807) is 18.0 Å². The molecule has 5 heteroatoms. The van der Waals surface area contributed by atoms with Crippen LogP contribution in [0.2, 0.25) is 5.15 Å². The van der Waals surface area contributed by atoms with Gasteiger partial charge in [0.1, 0.15) is 5.15 Å². The number of carbonyl (C=O) groups excluding carboxylic acids is 1. The molecule has 0 unspecified atom stereocenters. The number of hydrogen-bond donors (Lipinski definition) is 0. The Morgan fingerprint density at radius 3 is 2.56 bits per heavy atom. The van der Waals surface area contributed by atoms with Crippen LogP contribution in [-0.2, 0) is 4.79 Å². The molecule has 1 amide bonds. The fourth-order valence-electron chi connectivity index (χ4n) is 2.29. The average Bonchev–Trinajstić information content (AvgIpc) is 2.42. The smallest absolute Gasteiger partial charge is 0.255 e. The lowest BCUT2D eigenvalue weighted by Gasteiger charge is -2.22. The number of carbonyl (C=O) groups is 1. The van der Waals surface area contributed by atoms with Crippen LogP contribution in [0.5, 0.6) is 0 Å². The van der Waals surface area contributed by atoms with Gasteiger partial charge in [-0.15, -0.1) is 0 Å². The summed E-state index contributed by atoms with van der Waals surface area (Å²) in [5, 5.41) is 0.427. The summed E-state index contributed by atoms with van der Waals surface area (Å²) in [6.07, 6.45) is 0.773. The summed E-state index contributed by atoms with van der Waals surface area (Å²) in [5.74, 6) is 0.716. The zero-order chi connectivity index (χ0) is 13.4. The second kappa shape index (κ2) is 4.61. The van der Waals surface area contributed by atoms with Gasteiger partial charge in [0.05, 0.1) is 5.69 Å². The van der Waals surface area contributed by atoms with Crippen LogP contribution in [-0.4, -0.2) is 25.0 Å². The zero-order valence-corrected chi connectivity index (χ0v) is 11.7. The first-order valence-electron chi connectivity index (χ1n) is 5.85. The first kappa shape index (κ1) is 12.9. The van der Waals surface area contributed by atoms with Crippen molar-refractivity contribution in [2.45, 2.75) is 20.3 Å². The Balaban J connectivity index is 2.70. The fraction of sp³-hybridized carbons (Fsp3) is 0.385. The number of nitrogens with zero attached hydrogens (tertiary/aromatic N) is 3. The van der Waals surface area contributed by atoms with E-state index >= 15 is 0 Å². The van der Waals surface area contributed by atoms with Crippen LogP contribution < -0.4 is 9.80 Å². The minimum absolute atomic E-state index is 0.00146. The minimum Gasteiger partial charge on any atom is -0.331 e. The lowest BCUT2D eigenvalue weighted by molar-refractivity contribution is -0.114. The molecule has 0 saturated heterocycles. The molecular weight excluding hydrogens is 250 g/mol. The summed E-state index contributed by atoms with van der Waals surface area (Å²) in [4.78, 5) is 20.2. The molecule has 0 saturated carbocycles. The van der Waals surface area contributed by atoms with E-state index in [2.05, 4.69) is 4.98 Å². The van der Waals surface area contributed by atoms with Crippen LogP contribution in [0.15, 0.2) is 23.4 Å². The molecule has 0 atom stereocenters. The van der Waals surface area contributed by atoms with Crippen molar-refractivity contribution in [2.75, 3.05) is 23.9 Å². The average molecular weight is 266 g/mol. The van der Waals surface area contributed by atoms with E-state index < -0.39 is 0 Å². The number of rotatable bonds is 1. The lowest BCUT2D eigenvalue weighted by Crippen LogP contribution is -2.26. The molecule has 18 heavy (non-hydrogen) atoms. The molecule has 0 radical (unpaired) electrons. The van der Waals surface area contributed by atoms with Crippen molar-refractivity contribution in [1.82, 2.24) is 4.98 Å². The number of aromatic nitrogens is 1. The van der Waals surface area contributed by atoms with Gasteiger partial charge in [-0.3, -0.25) is 4.79 Å². The summed E-state index contributed by atoms with van der Waals surface area (Å²) >= 11 is 5.95. The Labute approximate surface area is 112 Å². The number of likely N-dealkylation sites (N-methyl/N-ethyl adjacent to an activating group) is 1. The summed E-state index contributed by atoms with van der Waals surface area (Å²) in [6.45, 7) is 3.87.